The molecule has 0 N–H and O–H groups in total. The molecule has 4 heterocycles. The molecule has 2 aliphatic rings. The van der Waals surface area contributed by atoms with E-state index in [-0.39, 0.29) is 11.3 Å². The number of hydrogen-bond donors (Lipinski definition) is 0. The normalized spacial score (nSPS) is 23.7. The first-order valence-corrected chi connectivity index (χ1v) is 9.60. The fraction of sp³-hybridized carbons (Fsp3) is 0.524. The molecule has 138 valence electrons. The van der Waals surface area contributed by atoms with Gasteiger partial charge in [-0.25, -0.2) is 0 Å². The number of likely N-dealkylation sites (tertiary alicyclic amines) is 2. The summed E-state index contributed by atoms with van der Waals surface area (Å²) < 4.78 is 1.92. The highest BCUT2D eigenvalue weighted by molar-refractivity contribution is 5.93. The van der Waals surface area contributed by atoms with Crippen LogP contribution in [0.1, 0.15) is 41.1 Å². The average Bonchev–Trinajstić information content (AvgIpc) is 3.21. The van der Waals surface area contributed by atoms with Gasteiger partial charge in [-0.3, -0.25) is 14.7 Å². The summed E-state index contributed by atoms with van der Waals surface area (Å²) in [5, 5.41) is 0. The van der Waals surface area contributed by atoms with Gasteiger partial charge in [-0.15, -0.1) is 0 Å². The molecule has 2 saturated heterocycles. The average molecular weight is 352 g/mol. The van der Waals surface area contributed by atoms with Crippen LogP contribution < -0.4 is 0 Å². The molecule has 0 saturated carbocycles. The summed E-state index contributed by atoms with van der Waals surface area (Å²) in [5.74, 6) is 0.173. The standard InChI is InChI=1S/C21H28N4O/c1-17-6-3-7-18(22-17)14-24-12-5-9-21(15-24)10-13-25(16-21)20(26)19-8-4-11-23(19)2/h3-4,6-8,11H,5,9-10,12-16H2,1-2H3. The first kappa shape index (κ1) is 17.3. The molecule has 2 fully saturated rings. The zero-order chi connectivity index (χ0) is 18.1. The van der Waals surface area contributed by atoms with Crippen LogP contribution in [0.2, 0.25) is 0 Å². The van der Waals surface area contributed by atoms with E-state index in [0.717, 1.165) is 56.2 Å². The molecule has 0 aliphatic carbocycles. The first-order chi connectivity index (χ1) is 12.5. The maximum Gasteiger partial charge on any atom is 0.270 e. The Morgan fingerprint density at radius 2 is 2.04 bits per heavy atom. The molecule has 2 aromatic heterocycles. The summed E-state index contributed by atoms with van der Waals surface area (Å²) in [5.41, 5.74) is 3.27. The molecule has 1 unspecified atom stereocenters. The number of aromatic nitrogens is 2. The second-order valence-electron chi connectivity index (χ2n) is 8.07. The van der Waals surface area contributed by atoms with Crippen molar-refractivity contribution in [1.29, 1.82) is 0 Å². The van der Waals surface area contributed by atoms with Crippen LogP contribution in [0.25, 0.3) is 0 Å². The predicted octanol–water partition coefficient (Wildman–Crippen LogP) is 2.86. The van der Waals surface area contributed by atoms with Gasteiger partial charge in [-0.1, -0.05) is 6.07 Å². The minimum atomic E-state index is 0.173. The number of carbonyl (C=O) groups is 1. The number of nitrogens with zero attached hydrogens (tertiary/aromatic N) is 4. The van der Waals surface area contributed by atoms with Gasteiger partial charge in [0.2, 0.25) is 0 Å². The fourth-order valence-corrected chi connectivity index (χ4v) is 4.65. The van der Waals surface area contributed by atoms with Crippen LogP contribution in [0.15, 0.2) is 36.5 Å². The molecule has 1 atom stereocenters. The maximum absolute atomic E-state index is 12.8. The SMILES string of the molecule is Cc1cccc(CN2CCCC3(CCN(C(=O)c4cccn4C)C3)C2)n1. The Kier molecular flexibility index (Phi) is 4.57. The van der Waals surface area contributed by atoms with Gasteiger partial charge in [0.15, 0.2) is 0 Å². The van der Waals surface area contributed by atoms with Crippen molar-refractivity contribution in [3.63, 3.8) is 0 Å². The van der Waals surface area contributed by atoms with Gasteiger partial charge in [-0.2, -0.15) is 0 Å². The lowest BCUT2D eigenvalue weighted by Gasteiger charge is -2.40. The molecule has 4 rings (SSSR count). The summed E-state index contributed by atoms with van der Waals surface area (Å²) in [6.45, 7) is 6.92. The number of piperidine rings is 1. The van der Waals surface area contributed by atoms with Crippen LogP contribution in [0.4, 0.5) is 0 Å². The van der Waals surface area contributed by atoms with E-state index in [2.05, 4.69) is 26.9 Å². The van der Waals surface area contributed by atoms with Crippen molar-refractivity contribution in [2.45, 2.75) is 32.7 Å². The fourth-order valence-electron chi connectivity index (χ4n) is 4.65. The van der Waals surface area contributed by atoms with Crippen LogP contribution in [-0.2, 0) is 13.6 Å². The van der Waals surface area contributed by atoms with Gasteiger partial charge < -0.3 is 9.47 Å². The highest BCUT2D eigenvalue weighted by Gasteiger charge is 2.43. The van der Waals surface area contributed by atoms with Crippen LogP contribution >= 0.6 is 0 Å². The van der Waals surface area contributed by atoms with Gasteiger partial charge in [-0.05, 0) is 57.0 Å². The lowest BCUT2D eigenvalue weighted by molar-refractivity contribution is 0.0665. The number of hydrogen-bond acceptors (Lipinski definition) is 3. The lowest BCUT2D eigenvalue weighted by Crippen LogP contribution is -2.45. The van der Waals surface area contributed by atoms with E-state index in [1.807, 2.05) is 42.9 Å². The van der Waals surface area contributed by atoms with Gasteiger partial charge >= 0.3 is 0 Å². The number of carbonyl (C=O) groups excluding carboxylic acids is 1. The Hall–Kier alpha value is -2.14. The largest absolute Gasteiger partial charge is 0.347 e. The summed E-state index contributed by atoms with van der Waals surface area (Å²) in [6, 6.07) is 10.1. The summed E-state index contributed by atoms with van der Waals surface area (Å²) in [6.07, 6.45) is 5.48. The Bertz CT molecular complexity index is 799. The first-order valence-electron chi connectivity index (χ1n) is 9.60. The van der Waals surface area contributed by atoms with Crippen LogP contribution in [0, 0.1) is 12.3 Å². The maximum atomic E-state index is 12.8. The van der Waals surface area contributed by atoms with Gasteiger partial charge in [0.1, 0.15) is 5.69 Å². The molecule has 5 heteroatoms. The smallest absolute Gasteiger partial charge is 0.270 e. The van der Waals surface area contributed by atoms with E-state index >= 15 is 0 Å². The quantitative estimate of drug-likeness (QED) is 0.853. The Morgan fingerprint density at radius 3 is 2.81 bits per heavy atom. The zero-order valence-corrected chi connectivity index (χ0v) is 15.8. The predicted molar refractivity (Wildman–Crippen MR) is 102 cm³/mol. The number of pyridine rings is 1. The van der Waals surface area contributed by atoms with E-state index in [1.165, 1.54) is 12.8 Å². The van der Waals surface area contributed by atoms with Crippen molar-refractivity contribution >= 4 is 5.91 Å². The monoisotopic (exact) mass is 352 g/mol. The highest BCUT2D eigenvalue weighted by Crippen LogP contribution is 2.39. The Labute approximate surface area is 155 Å². The van der Waals surface area contributed by atoms with Gasteiger partial charge in [0, 0.05) is 50.5 Å². The second-order valence-corrected chi connectivity index (χ2v) is 8.07. The molecule has 1 amide bonds. The minimum absolute atomic E-state index is 0.173. The molecule has 1 spiro atoms. The van der Waals surface area contributed by atoms with Crippen molar-refractivity contribution in [2.24, 2.45) is 12.5 Å². The van der Waals surface area contributed by atoms with Crippen molar-refractivity contribution in [2.75, 3.05) is 26.2 Å². The molecule has 5 nitrogen and oxygen atoms in total. The molecule has 2 aromatic rings. The van der Waals surface area contributed by atoms with Crippen LogP contribution in [0.3, 0.4) is 0 Å². The highest BCUT2D eigenvalue weighted by atomic mass is 16.2. The zero-order valence-electron chi connectivity index (χ0n) is 15.8. The number of aryl methyl sites for hydroxylation is 2. The van der Waals surface area contributed by atoms with E-state index in [9.17, 15) is 4.79 Å². The number of amides is 1. The topological polar surface area (TPSA) is 41.4 Å². The van der Waals surface area contributed by atoms with Gasteiger partial charge in [0.25, 0.3) is 5.91 Å². The molecule has 0 aromatic carbocycles. The summed E-state index contributed by atoms with van der Waals surface area (Å²) in [4.78, 5) is 22.1. The van der Waals surface area contributed by atoms with Crippen molar-refractivity contribution < 1.29 is 4.79 Å². The lowest BCUT2D eigenvalue weighted by atomic mass is 9.79. The van der Waals surface area contributed by atoms with E-state index in [4.69, 9.17) is 0 Å². The van der Waals surface area contributed by atoms with Crippen LogP contribution in [0.5, 0.6) is 0 Å². The minimum Gasteiger partial charge on any atom is -0.347 e. The van der Waals surface area contributed by atoms with E-state index in [1.54, 1.807) is 0 Å². The van der Waals surface area contributed by atoms with Crippen LogP contribution in [-0.4, -0.2) is 51.4 Å². The molecule has 0 bridgehead atoms. The third-order valence-electron chi connectivity index (χ3n) is 5.96. The Morgan fingerprint density at radius 1 is 1.15 bits per heavy atom. The number of rotatable bonds is 3. The van der Waals surface area contributed by atoms with Crippen molar-refractivity contribution in [1.82, 2.24) is 19.4 Å². The summed E-state index contributed by atoms with van der Waals surface area (Å²) >= 11 is 0. The molecule has 0 radical (unpaired) electrons. The molecule has 2 aliphatic heterocycles. The molecular weight excluding hydrogens is 324 g/mol. The van der Waals surface area contributed by atoms with E-state index in [0.29, 0.717) is 0 Å². The van der Waals surface area contributed by atoms with E-state index < -0.39 is 0 Å². The second kappa shape index (κ2) is 6.88. The third kappa shape index (κ3) is 3.40. The molecular formula is C21H28N4O. The Balaban J connectivity index is 1.42. The van der Waals surface area contributed by atoms with Gasteiger partial charge in [0.05, 0.1) is 5.69 Å². The van der Waals surface area contributed by atoms with Crippen molar-refractivity contribution in [3.8, 4) is 0 Å². The third-order valence-corrected chi connectivity index (χ3v) is 5.96. The molecule has 26 heavy (non-hydrogen) atoms. The van der Waals surface area contributed by atoms with Crippen molar-refractivity contribution in [3.05, 3.63) is 53.6 Å². The summed E-state index contributed by atoms with van der Waals surface area (Å²) in [7, 11) is 1.94.